The second-order valence-corrected chi connectivity index (χ2v) is 6.45. The van der Waals surface area contributed by atoms with Crippen LogP contribution in [0.5, 0.6) is 0 Å². The van der Waals surface area contributed by atoms with Crippen LogP contribution in [-0.4, -0.2) is 55.9 Å². The average Bonchev–Trinajstić information content (AvgIpc) is 2.35. The zero-order chi connectivity index (χ0) is 13.0. The Morgan fingerprint density at radius 1 is 1.06 bits per heavy atom. The van der Waals surface area contributed by atoms with Crippen LogP contribution < -0.4 is 0 Å². The molecular formula is C15H28N2O. The number of carbonyl (C=O) groups excluding carboxylic acids is 1. The molecule has 0 bridgehead atoms. The van der Waals surface area contributed by atoms with Crippen LogP contribution in [-0.2, 0) is 4.79 Å². The second kappa shape index (κ2) is 6.67. The molecule has 18 heavy (non-hydrogen) atoms. The first kappa shape index (κ1) is 14.0. The lowest BCUT2D eigenvalue weighted by Gasteiger charge is -2.33. The van der Waals surface area contributed by atoms with Crippen LogP contribution >= 0.6 is 0 Å². The predicted molar refractivity (Wildman–Crippen MR) is 74.7 cm³/mol. The number of carbonyl (C=O) groups is 1. The summed E-state index contributed by atoms with van der Waals surface area (Å²) in [5.74, 6) is 2.12. The number of piperidine rings is 1. The number of nitrogens with zero attached hydrogens (tertiary/aromatic N) is 2. The molecule has 1 saturated carbocycles. The van der Waals surface area contributed by atoms with Gasteiger partial charge in [0.05, 0.1) is 0 Å². The summed E-state index contributed by atoms with van der Waals surface area (Å²) in [5, 5.41) is 0. The maximum Gasteiger partial charge on any atom is 0.132 e. The molecule has 0 unspecified atom stereocenters. The molecule has 3 nitrogen and oxygen atoms in total. The monoisotopic (exact) mass is 252 g/mol. The Bertz CT molecular complexity index is 262. The third kappa shape index (κ3) is 4.36. The third-order valence-corrected chi connectivity index (χ3v) is 4.64. The maximum absolute atomic E-state index is 11.2. The Morgan fingerprint density at radius 2 is 1.56 bits per heavy atom. The van der Waals surface area contributed by atoms with Crippen molar-refractivity contribution in [1.29, 1.82) is 0 Å². The van der Waals surface area contributed by atoms with Crippen molar-refractivity contribution in [1.82, 2.24) is 9.80 Å². The minimum atomic E-state index is 0.476. The minimum absolute atomic E-state index is 0.476. The molecule has 0 spiro atoms. The van der Waals surface area contributed by atoms with Crippen molar-refractivity contribution < 1.29 is 4.79 Å². The summed E-state index contributed by atoms with van der Waals surface area (Å²) >= 11 is 0. The van der Waals surface area contributed by atoms with Gasteiger partial charge in [-0.25, -0.2) is 0 Å². The van der Waals surface area contributed by atoms with Gasteiger partial charge in [-0.15, -0.1) is 0 Å². The van der Waals surface area contributed by atoms with E-state index in [1.807, 2.05) is 0 Å². The van der Waals surface area contributed by atoms with Crippen molar-refractivity contribution in [2.75, 3.05) is 40.3 Å². The minimum Gasteiger partial charge on any atom is -0.306 e. The lowest BCUT2D eigenvalue weighted by molar-refractivity contribution is -0.121. The molecule has 1 heterocycles. The van der Waals surface area contributed by atoms with Gasteiger partial charge in [-0.1, -0.05) is 0 Å². The first-order valence-corrected chi connectivity index (χ1v) is 7.52. The number of Topliss-reactive ketones (excluding diaryl/α,β-unsaturated/α-hetero) is 1. The number of rotatable bonds is 4. The zero-order valence-corrected chi connectivity index (χ0v) is 12.0. The molecule has 1 aliphatic heterocycles. The molecule has 0 N–H and O–H groups in total. The molecular weight excluding hydrogens is 224 g/mol. The van der Waals surface area contributed by atoms with Gasteiger partial charge in [-0.3, -0.25) is 4.79 Å². The Balaban J connectivity index is 1.65. The lowest BCUT2D eigenvalue weighted by atomic mass is 9.88. The molecule has 3 heteroatoms. The van der Waals surface area contributed by atoms with E-state index in [0.29, 0.717) is 5.78 Å². The quantitative estimate of drug-likeness (QED) is 0.765. The van der Waals surface area contributed by atoms with Crippen LogP contribution in [0.1, 0.15) is 38.5 Å². The molecule has 0 atom stereocenters. The van der Waals surface area contributed by atoms with Crippen LogP contribution in [0.3, 0.4) is 0 Å². The van der Waals surface area contributed by atoms with E-state index in [4.69, 9.17) is 0 Å². The number of likely N-dealkylation sites (tertiary alicyclic amines) is 1. The fourth-order valence-electron chi connectivity index (χ4n) is 3.38. The van der Waals surface area contributed by atoms with E-state index in [0.717, 1.165) is 37.5 Å². The summed E-state index contributed by atoms with van der Waals surface area (Å²) in [4.78, 5) is 16.2. The van der Waals surface area contributed by atoms with Gasteiger partial charge < -0.3 is 9.80 Å². The average molecular weight is 252 g/mol. The first-order valence-electron chi connectivity index (χ1n) is 7.52. The van der Waals surface area contributed by atoms with E-state index in [2.05, 4.69) is 23.9 Å². The number of hydrogen-bond donors (Lipinski definition) is 0. The predicted octanol–water partition coefficient (Wildman–Crippen LogP) is 2.02. The molecule has 0 radical (unpaired) electrons. The Kier molecular flexibility index (Phi) is 5.19. The van der Waals surface area contributed by atoms with Gasteiger partial charge >= 0.3 is 0 Å². The van der Waals surface area contributed by atoms with Gasteiger partial charge in [-0.05, 0) is 64.7 Å². The summed E-state index contributed by atoms with van der Waals surface area (Å²) < 4.78 is 0. The normalized spacial score (nSPS) is 24.9. The highest BCUT2D eigenvalue weighted by molar-refractivity contribution is 5.79. The summed E-state index contributed by atoms with van der Waals surface area (Å²) in [5.41, 5.74) is 0. The zero-order valence-electron chi connectivity index (χ0n) is 12.0. The SMILES string of the molecule is CN1CCC(CN(C)CC2CCC(=O)CC2)CC1. The highest BCUT2D eigenvalue weighted by atomic mass is 16.1. The Morgan fingerprint density at radius 3 is 2.11 bits per heavy atom. The smallest absolute Gasteiger partial charge is 0.132 e. The van der Waals surface area contributed by atoms with Crippen LogP contribution in [0.15, 0.2) is 0 Å². The van der Waals surface area contributed by atoms with E-state index in [9.17, 15) is 4.79 Å². The first-order chi connectivity index (χ1) is 8.63. The van der Waals surface area contributed by atoms with E-state index < -0.39 is 0 Å². The van der Waals surface area contributed by atoms with Crippen molar-refractivity contribution in [2.45, 2.75) is 38.5 Å². The summed E-state index contributed by atoms with van der Waals surface area (Å²) in [6, 6.07) is 0. The van der Waals surface area contributed by atoms with Gasteiger partial charge in [0.15, 0.2) is 0 Å². The molecule has 1 saturated heterocycles. The fraction of sp³-hybridized carbons (Fsp3) is 0.933. The van der Waals surface area contributed by atoms with Crippen LogP contribution in [0.4, 0.5) is 0 Å². The molecule has 1 aliphatic carbocycles. The third-order valence-electron chi connectivity index (χ3n) is 4.64. The van der Waals surface area contributed by atoms with Crippen molar-refractivity contribution in [3.8, 4) is 0 Å². The van der Waals surface area contributed by atoms with Gasteiger partial charge in [0.2, 0.25) is 0 Å². The Hall–Kier alpha value is -0.410. The molecule has 0 amide bonds. The van der Waals surface area contributed by atoms with Gasteiger partial charge in [0.25, 0.3) is 0 Å². The molecule has 0 aromatic heterocycles. The number of ketones is 1. The molecule has 2 fully saturated rings. The van der Waals surface area contributed by atoms with Crippen LogP contribution in [0, 0.1) is 11.8 Å². The van der Waals surface area contributed by atoms with E-state index >= 15 is 0 Å². The largest absolute Gasteiger partial charge is 0.306 e. The number of hydrogen-bond acceptors (Lipinski definition) is 3. The van der Waals surface area contributed by atoms with E-state index in [1.165, 1.54) is 39.0 Å². The van der Waals surface area contributed by atoms with Crippen LogP contribution in [0.25, 0.3) is 0 Å². The standard InChI is InChI=1S/C15H28N2O/c1-16-9-7-14(8-10-16)12-17(2)11-13-3-5-15(18)6-4-13/h13-14H,3-12H2,1-2H3. The Labute approximate surface area is 112 Å². The highest BCUT2D eigenvalue weighted by Gasteiger charge is 2.22. The highest BCUT2D eigenvalue weighted by Crippen LogP contribution is 2.23. The maximum atomic E-state index is 11.2. The van der Waals surface area contributed by atoms with Gasteiger partial charge in [-0.2, -0.15) is 0 Å². The van der Waals surface area contributed by atoms with Crippen LogP contribution in [0.2, 0.25) is 0 Å². The molecule has 2 aliphatic rings. The van der Waals surface area contributed by atoms with Gasteiger partial charge in [0.1, 0.15) is 5.78 Å². The van der Waals surface area contributed by atoms with Crippen molar-refractivity contribution in [3.63, 3.8) is 0 Å². The van der Waals surface area contributed by atoms with Crippen molar-refractivity contribution >= 4 is 5.78 Å². The summed E-state index contributed by atoms with van der Waals surface area (Å²) in [6.07, 6.45) is 6.60. The van der Waals surface area contributed by atoms with Gasteiger partial charge in [0, 0.05) is 25.9 Å². The second-order valence-electron chi connectivity index (χ2n) is 6.45. The summed E-state index contributed by atoms with van der Waals surface area (Å²) in [7, 11) is 4.48. The fourth-order valence-corrected chi connectivity index (χ4v) is 3.38. The molecule has 0 aromatic rings. The topological polar surface area (TPSA) is 23.6 Å². The molecule has 104 valence electrons. The lowest BCUT2D eigenvalue weighted by Crippen LogP contribution is -2.37. The molecule has 2 rings (SSSR count). The van der Waals surface area contributed by atoms with E-state index in [-0.39, 0.29) is 0 Å². The summed E-state index contributed by atoms with van der Waals surface area (Å²) in [6.45, 7) is 4.96. The van der Waals surface area contributed by atoms with E-state index in [1.54, 1.807) is 0 Å². The molecule has 0 aromatic carbocycles. The van der Waals surface area contributed by atoms with Crippen molar-refractivity contribution in [3.05, 3.63) is 0 Å². The van der Waals surface area contributed by atoms with Crippen molar-refractivity contribution in [2.24, 2.45) is 11.8 Å².